The van der Waals surface area contributed by atoms with Crippen LogP contribution in [-0.4, -0.2) is 31.9 Å². The second-order valence-corrected chi connectivity index (χ2v) is 9.22. The standard InChI is InChI=1S/C19H18F4N2O4S/c1-18(27,19(21,22)23)11-3-6-15(14(20)8-11)25-17(26)16-13-5-4-12(30(2,28)29)7-10(13)9-24-16/h3-8,16,24,27H,9H2,1-2H3,(H,25,26). The maximum absolute atomic E-state index is 14.3. The molecule has 1 heterocycles. The first-order valence-corrected chi connectivity index (χ1v) is 10.6. The topological polar surface area (TPSA) is 95.5 Å². The molecule has 0 fully saturated rings. The molecule has 2 unspecified atom stereocenters. The highest BCUT2D eigenvalue weighted by atomic mass is 32.2. The number of nitrogens with one attached hydrogen (secondary N) is 2. The predicted octanol–water partition coefficient (Wildman–Crippen LogP) is 2.78. The summed E-state index contributed by atoms with van der Waals surface area (Å²) in [6, 6.07) is 5.71. The number of alkyl halides is 3. The van der Waals surface area contributed by atoms with E-state index in [2.05, 4.69) is 10.6 Å². The van der Waals surface area contributed by atoms with E-state index >= 15 is 0 Å². The van der Waals surface area contributed by atoms with Gasteiger partial charge in [0.25, 0.3) is 0 Å². The van der Waals surface area contributed by atoms with E-state index in [1.807, 2.05) is 0 Å². The van der Waals surface area contributed by atoms with E-state index in [1.54, 1.807) is 0 Å². The maximum atomic E-state index is 14.3. The first-order valence-electron chi connectivity index (χ1n) is 8.68. The lowest BCUT2D eigenvalue weighted by Gasteiger charge is -2.27. The summed E-state index contributed by atoms with van der Waals surface area (Å²) in [7, 11) is -3.42. The highest BCUT2D eigenvalue weighted by Gasteiger charge is 2.51. The summed E-state index contributed by atoms with van der Waals surface area (Å²) in [6.07, 6.45) is -3.95. The lowest BCUT2D eigenvalue weighted by Crippen LogP contribution is -2.39. The van der Waals surface area contributed by atoms with E-state index < -0.39 is 44.9 Å². The van der Waals surface area contributed by atoms with Gasteiger partial charge in [-0.15, -0.1) is 0 Å². The Bertz CT molecular complexity index is 1110. The lowest BCUT2D eigenvalue weighted by molar-refractivity contribution is -0.258. The third-order valence-electron chi connectivity index (χ3n) is 4.95. The largest absolute Gasteiger partial charge is 0.421 e. The van der Waals surface area contributed by atoms with E-state index in [9.17, 15) is 35.9 Å². The van der Waals surface area contributed by atoms with Gasteiger partial charge in [-0.05, 0) is 47.9 Å². The molecule has 0 saturated heterocycles. The van der Waals surface area contributed by atoms with Gasteiger partial charge in [-0.2, -0.15) is 13.2 Å². The number of benzene rings is 2. The monoisotopic (exact) mass is 446 g/mol. The van der Waals surface area contributed by atoms with Gasteiger partial charge >= 0.3 is 6.18 Å². The minimum atomic E-state index is -5.01. The molecular formula is C19H18F4N2O4S. The van der Waals surface area contributed by atoms with Crippen LogP contribution in [0.2, 0.25) is 0 Å². The third kappa shape index (κ3) is 4.05. The van der Waals surface area contributed by atoms with Gasteiger partial charge in [0.1, 0.15) is 11.9 Å². The van der Waals surface area contributed by atoms with Crippen molar-refractivity contribution in [1.29, 1.82) is 0 Å². The van der Waals surface area contributed by atoms with Crippen molar-refractivity contribution in [3.8, 4) is 0 Å². The van der Waals surface area contributed by atoms with Gasteiger partial charge in [0.2, 0.25) is 5.91 Å². The second-order valence-electron chi connectivity index (χ2n) is 7.20. The smallest absolute Gasteiger partial charge is 0.376 e. The molecule has 1 aliphatic rings. The van der Waals surface area contributed by atoms with Gasteiger partial charge in [-0.1, -0.05) is 12.1 Å². The van der Waals surface area contributed by atoms with Crippen LogP contribution in [-0.2, 0) is 26.8 Å². The van der Waals surface area contributed by atoms with Crippen LogP contribution in [0.3, 0.4) is 0 Å². The minimum absolute atomic E-state index is 0.0995. The van der Waals surface area contributed by atoms with Gasteiger partial charge in [-0.25, -0.2) is 12.8 Å². The molecule has 1 amide bonds. The Labute approximate surface area is 169 Å². The molecule has 0 spiro atoms. The molecule has 30 heavy (non-hydrogen) atoms. The molecule has 1 aliphatic heterocycles. The fourth-order valence-corrected chi connectivity index (χ4v) is 3.76. The first kappa shape index (κ1) is 22.2. The number of anilines is 1. The summed E-state index contributed by atoms with van der Waals surface area (Å²) in [4.78, 5) is 12.7. The van der Waals surface area contributed by atoms with Crippen molar-refractivity contribution in [1.82, 2.24) is 5.32 Å². The number of carbonyl (C=O) groups excluding carboxylic acids is 1. The summed E-state index contributed by atoms with van der Waals surface area (Å²) < 4.78 is 76.4. The Morgan fingerprint density at radius 2 is 1.87 bits per heavy atom. The molecule has 3 N–H and O–H groups in total. The van der Waals surface area contributed by atoms with Crippen LogP contribution in [0.4, 0.5) is 23.2 Å². The van der Waals surface area contributed by atoms with Crippen molar-refractivity contribution >= 4 is 21.4 Å². The highest BCUT2D eigenvalue weighted by molar-refractivity contribution is 7.90. The summed E-state index contributed by atoms with van der Waals surface area (Å²) in [5.74, 6) is -1.81. The molecule has 0 radical (unpaired) electrons. The molecule has 0 saturated carbocycles. The molecule has 6 nitrogen and oxygen atoms in total. The SMILES string of the molecule is CC(O)(c1ccc(NC(=O)C2NCc3cc(S(C)(=O)=O)ccc32)c(F)c1)C(F)(F)F. The number of carbonyl (C=O) groups is 1. The van der Waals surface area contributed by atoms with E-state index in [4.69, 9.17) is 0 Å². The number of hydrogen-bond donors (Lipinski definition) is 3. The number of fused-ring (bicyclic) bond motifs is 1. The van der Waals surface area contributed by atoms with Crippen LogP contribution in [0, 0.1) is 5.82 Å². The Morgan fingerprint density at radius 1 is 1.20 bits per heavy atom. The molecule has 0 aromatic heterocycles. The fourth-order valence-electron chi connectivity index (χ4n) is 3.09. The lowest BCUT2D eigenvalue weighted by atomic mass is 9.95. The van der Waals surface area contributed by atoms with Gasteiger partial charge in [-0.3, -0.25) is 10.1 Å². The van der Waals surface area contributed by atoms with Crippen LogP contribution in [0.5, 0.6) is 0 Å². The number of halogens is 4. The van der Waals surface area contributed by atoms with E-state index in [1.165, 1.54) is 18.2 Å². The summed E-state index contributed by atoms with van der Waals surface area (Å²) >= 11 is 0. The molecule has 2 aromatic carbocycles. The molecule has 162 valence electrons. The summed E-state index contributed by atoms with van der Waals surface area (Å²) in [5, 5.41) is 14.8. The summed E-state index contributed by atoms with van der Waals surface area (Å²) in [6.45, 7) is 0.719. The second kappa shape index (κ2) is 7.33. The molecule has 0 bridgehead atoms. The van der Waals surface area contributed by atoms with Crippen LogP contribution >= 0.6 is 0 Å². The molecule has 2 aromatic rings. The Hall–Kier alpha value is -2.50. The van der Waals surface area contributed by atoms with Crippen LogP contribution < -0.4 is 10.6 Å². The quantitative estimate of drug-likeness (QED) is 0.628. The van der Waals surface area contributed by atoms with E-state index in [-0.39, 0.29) is 17.1 Å². The van der Waals surface area contributed by atoms with E-state index in [0.29, 0.717) is 24.1 Å². The molecule has 0 aliphatic carbocycles. The van der Waals surface area contributed by atoms with Gasteiger partial charge in [0.05, 0.1) is 10.6 Å². The van der Waals surface area contributed by atoms with Gasteiger partial charge in [0.15, 0.2) is 15.4 Å². The van der Waals surface area contributed by atoms with Crippen molar-refractivity contribution < 1.29 is 35.9 Å². The van der Waals surface area contributed by atoms with Crippen LogP contribution in [0.25, 0.3) is 0 Å². The minimum Gasteiger partial charge on any atom is -0.376 e. The highest BCUT2D eigenvalue weighted by Crippen LogP contribution is 2.39. The van der Waals surface area contributed by atoms with Crippen LogP contribution in [0.15, 0.2) is 41.3 Å². The average Bonchev–Trinajstić information content (AvgIpc) is 3.05. The number of aliphatic hydroxyl groups is 1. The molecule has 3 rings (SSSR count). The summed E-state index contributed by atoms with van der Waals surface area (Å²) in [5.41, 5.74) is -3.21. The molecular weight excluding hydrogens is 428 g/mol. The van der Waals surface area contributed by atoms with Crippen molar-refractivity contribution in [2.24, 2.45) is 0 Å². The van der Waals surface area contributed by atoms with Crippen molar-refractivity contribution in [2.45, 2.75) is 36.2 Å². The zero-order valence-corrected chi connectivity index (χ0v) is 16.7. The normalized spacial score (nSPS) is 18.6. The number of hydrogen-bond acceptors (Lipinski definition) is 5. The fraction of sp³-hybridized carbons (Fsp3) is 0.316. The van der Waals surface area contributed by atoms with Crippen molar-refractivity contribution in [2.75, 3.05) is 11.6 Å². The van der Waals surface area contributed by atoms with E-state index in [0.717, 1.165) is 18.4 Å². The average molecular weight is 446 g/mol. The number of rotatable bonds is 4. The molecule has 11 heteroatoms. The number of sulfone groups is 1. The Kier molecular flexibility index (Phi) is 5.42. The van der Waals surface area contributed by atoms with Gasteiger partial charge < -0.3 is 10.4 Å². The van der Waals surface area contributed by atoms with Crippen LogP contribution in [0.1, 0.15) is 29.7 Å². The maximum Gasteiger partial charge on any atom is 0.421 e. The third-order valence-corrected chi connectivity index (χ3v) is 6.06. The zero-order chi connectivity index (χ0) is 22.5. The molecule has 2 atom stereocenters. The zero-order valence-electron chi connectivity index (χ0n) is 15.8. The number of amides is 1. The van der Waals surface area contributed by atoms with Gasteiger partial charge in [0, 0.05) is 12.8 Å². The Balaban J connectivity index is 1.82. The Morgan fingerprint density at radius 3 is 2.43 bits per heavy atom. The van der Waals surface area contributed by atoms with Crippen molar-refractivity contribution in [3.05, 3.63) is 58.9 Å². The first-order chi connectivity index (χ1) is 13.7. The van der Waals surface area contributed by atoms with Crippen molar-refractivity contribution in [3.63, 3.8) is 0 Å². The predicted molar refractivity (Wildman–Crippen MR) is 99.8 cm³/mol.